The van der Waals surface area contributed by atoms with E-state index in [9.17, 15) is 19.1 Å². The second-order valence-electron chi connectivity index (χ2n) is 10.1. The number of anilines is 1. The zero-order valence-corrected chi connectivity index (χ0v) is 24.6. The fourth-order valence-electron chi connectivity index (χ4n) is 4.99. The number of nitrogens with one attached hydrogen (secondary N) is 1. The first kappa shape index (κ1) is 31.5. The molecule has 1 aliphatic rings. The van der Waals surface area contributed by atoms with E-state index < -0.39 is 5.82 Å². The molecule has 2 N–H and O–H groups in total. The number of rotatable bonds is 13. The van der Waals surface area contributed by atoms with Crippen molar-refractivity contribution in [1.82, 2.24) is 15.2 Å². The van der Waals surface area contributed by atoms with Crippen LogP contribution in [-0.4, -0.2) is 65.9 Å². The molecule has 218 valence electrons. The quantitative estimate of drug-likeness (QED) is 0.143. The standard InChI is InChI=1S/C31H37ClFN5O3/c1-6-7-14-37(21(4)17-35-18-39)30(34-5)25-16-26(32)29(24-15-22(41)12-13-27(24)33)36-31(25)38(19-40)28-11-9-8-10-23(28)20(2)3/h6,8-13,15-16,18-21,23,28,41H,1,7,14,17H2,2-5H3,(H,35,39)/b34-30+. The Morgan fingerprint density at radius 1 is 1.24 bits per heavy atom. The first-order chi connectivity index (χ1) is 19.7. The molecule has 2 aromatic rings. The van der Waals surface area contributed by atoms with Crippen LogP contribution in [0.1, 0.15) is 32.8 Å². The highest BCUT2D eigenvalue weighted by Crippen LogP contribution is 2.37. The fraction of sp³-hybridized carbons (Fsp3) is 0.355. The van der Waals surface area contributed by atoms with Gasteiger partial charge < -0.3 is 15.3 Å². The lowest BCUT2D eigenvalue weighted by Crippen LogP contribution is -2.46. The Morgan fingerprint density at radius 3 is 2.61 bits per heavy atom. The second-order valence-corrected chi connectivity index (χ2v) is 10.5. The number of phenolic OH excluding ortho intramolecular Hbond substituents is 1. The monoisotopic (exact) mass is 581 g/mol. The predicted octanol–water partition coefficient (Wildman–Crippen LogP) is 5.37. The number of aromatic hydroxyl groups is 1. The number of halogens is 2. The Labute approximate surface area is 245 Å². The number of carbonyl (C=O) groups excluding carboxylic acids is 2. The van der Waals surface area contributed by atoms with Gasteiger partial charge in [0, 0.05) is 37.7 Å². The molecule has 0 aliphatic heterocycles. The first-order valence-corrected chi connectivity index (χ1v) is 13.9. The average Bonchev–Trinajstić information content (AvgIpc) is 2.96. The normalized spacial score (nSPS) is 17.3. The zero-order chi connectivity index (χ0) is 30.1. The van der Waals surface area contributed by atoms with E-state index in [4.69, 9.17) is 16.6 Å². The lowest BCUT2D eigenvalue weighted by atomic mass is 9.84. The Hall–Kier alpha value is -3.98. The predicted molar refractivity (Wildman–Crippen MR) is 163 cm³/mol. The minimum absolute atomic E-state index is 0.00445. The molecule has 0 saturated carbocycles. The highest BCUT2D eigenvalue weighted by molar-refractivity contribution is 6.33. The van der Waals surface area contributed by atoms with Crippen LogP contribution in [0.3, 0.4) is 0 Å². The third-order valence-electron chi connectivity index (χ3n) is 7.08. The number of nitrogens with zero attached hydrogens (tertiary/aromatic N) is 4. The largest absolute Gasteiger partial charge is 0.508 e. The third kappa shape index (κ3) is 7.21. The van der Waals surface area contributed by atoms with E-state index in [0.717, 1.165) is 6.07 Å². The van der Waals surface area contributed by atoms with Gasteiger partial charge in [-0.05, 0) is 43.5 Å². The maximum atomic E-state index is 15.0. The Balaban J connectivity index is 2.31. The third-order valence-corrected chi connectivity index (χ3v) is 7.37. The number of aromatic nitrogens is 1. The van der Waals surface area contributed by atoms with E-state index in [-0.39, 0.29) is 51.8 Å². The number of aliphatic imine (C=N–C) groups is 1. The second kappa shape index (κ2) is 14.6. The van der Waals surface area contributed by atoms with Crippen LogP contribution in [0, 0.1) is 17.7 Å². The van der Waals surface area contributed by atoms with Crippen LogP contribution in [0.25, 0.3) is 11.3 Å². The maximum absolute atomic E-state index is 15.0. The summed E-state index contributed by atoms with van der Waals surface area (Å²) in [5.74, 6) is 0.117. The Morgan fingerprint density at radius 2 is 1.98 bits per heavy atom. The van der Waals surface area contributed by atoms with Gasteiger partial charge >= 0.3 is 0 Å². The SMILES string of the molecule is C=CCCN(/C(=N/C)c1cc(Cl)c(-c2cc(O)ccc2F)nc1N(C=O)C1C=CC=CC1C(C)C)C(C)CNC=O. The van der Waals surface area contributed by atoms with Gasteiger partial charge in [-0.25, -0.2) is 9.37 Å². The number of pyridine rings is 1. The molecule has 0 spiro atoms. The van der Waals surface area contributed by atoms with Crippen molar-refractivity contribution in [2.24, 2.45) is 16.8 Å². The topological polar surface area (TPSA) is 98.1 Å². The molecule has 0 saturated heterocycles. The van der Waals surface area contributed by atoms with Gasteiger partial charge in [0.15, 0.2) is 0 Å². The van der Waals surface area contributed by atoms with E-state index in [1.54, 1.807) is 19.2 Å². The molecule has 2 amide bonds. The minimum atomic E-state index is -0.625. The molecule has 1 heterocycles. The van der Waals surface area contributed by atoms with E-state index in [2.05, 4.69) is 36.8 Å². The summed E-state index contributed by atoms with van der Waals surface area (Å²) in [6.07, 6.45) is 11.6. The van der Waals surface area contributed by atoms with Crippen LogP contribution in [0.15, 0.2) is 66.2 Å². The smallest absolute Gasteiger partial charge is 0.215 e. The van der Waals surface area contributed by atoms with Crippen LogP contribution in [0.5, 0.6) is 5.75 Å². The average molecular weight is 582 g/mol. The number of amides is 2. The zero-order valence-electron chi connectivity index (χ0n) is 23.8. The van der Waals surface area contributed by atoms with Crippen LogP contribution in [-0.2, 0) is 9.59 Å². The molecule has 3 atom stereocenters. The number of amidine groups is 1. The summed E-state index contributed by atoms with van der Waals surface area (Å²) in [6, 6.07) is 4.65. The van der Waals surface area contributed by atoms with Crippen LogP contribution < -0.4 is 10.2 Å². The minimum Gasteiger partial charge on any atom is -0.508 e. The number of benzene rings is 1. The molecule has 8 nitrogen and oxygen atoms in total. The van der Waals surface area contributed by atoms with Crippen molar-refractivity contribution >= 4 is 36.1 Å². The van der Waals surface area contributed by atoms with Crippen molar-refractivity contribution in [2.75, 3.05) is 25.0 Å². The molecule has 3 unspecified atom stereocenters. The van der Waals surface area contributed by atoms with Gasteiger partial charge in [-0.15, -0.1) is 6.58 Å². The van der Waals surface area contributed by atoms with E-state index in [1.165, 1.54) is 17.0 Å². The van der Waals surface area contributed by atoms with Gasteiger partial charge in [0.25, 0.3) is 0 Å². The van der Waals surface area contributed by atoms with E-state index in [1.807, 2.05) is 30.1 Å². The van der Waals surface area contributed by atoms with Crippen molar-refractivity contribution in [3.8, 4) is 17.0 Å². The van der Waals surface area contributed by atoms with Gasteiger partial charge in [0.05, 0.1) is 22.3 Å². The molecule has 1 aliphatic carbocycles. The van der Waals surface area contributed by atoms with Gasteiger partial charge in [0.2, 0.25) is 12.8 Å². The highest BCUT2D eigenvalue weighted by atomic mass is 35.5. The molecule has 10 heteroatoms. The summed E-state index contributed by atoms with van der Waals surface area (Å²) in [7, 11) is 1.63. The van der Waals surface area contributed by atoms with Gasteiger partial charge in [-0.3, -0.25) is 19.5 Å². The number of allylic oxidation sites excluding steroid dienone is 2. The molecular weight excluding hydrogens is 545 g/mol. The molecule has 0 fully saturated rings. The van der Waals surface area contributed by atoms with Crippen molar-refractivity contribution in [3.63, 3.8) is 0 Å². The van der Waals surface area contributed by atoms with Crippen molar-refractivity contribution in [2.45, 2.75) is 39.3 Å². The number of hydrogen-bond donors (Lipinski definition) is 2. The van der Waals surface area contributed by atoms with Crippen molar-refractivity contribution < 1.29 is 19.1 Å². The van der Waals surface area contributed by atoms with E-state index in [0.29, 0.717) is 43.7 Å². The Bertz CT molecular complexity index is 1340. The van der Waals surface area contributed by atoms with Crippen LogP contribution >= 0.6 is 11.6 Å². The maximum Gasteiger partial charge on any atom is 0.215 e. The van der Waals surface area contributed by atoms with E-state index >= 15 is 0 Å². The molecule has 41 heavy (non-hydrogen) atoms. The summed E-state index contributed by atoms with van der Waals surface area (Å²) >= 11 is 6.76. The molecule has 3 rings (SSSR count). The summed E-state index contributed by atoms with van der Waals surface area (Å²) in [5, 5.41) is 12.9. The summed E-state index contributed by atoms with van der Waals surface area (Å²) < 4.78 is 15.0. The van der Waals surface area contributed by atoms with Gasteiger partial charge in [-0.2, -0.15) is 0 Å². The lowest BCUT2D eigenvalue weighted by Gasteiger charge is -2.37. The fourth-order valence-corrected chi connectivity index (χ4v) is 5.24. The van der Waals surface area contributed by atoms with Crippen molar-refractivity contribution in [3.05, 3.63) is 77.6 Å². The first-order valence-electron chi connectivity index (χ1n) is 13.5. The molecule has 1 aromatic heterocycles. The van der Waals surface area contributed by atoms with Gasteiger partial charge in [-0.1, -0.05) is 55.8 Å². The number of carbonyl (C=O) groups is 2. The Kier molecular flexibility index (Phi) is 11.2. The summed E-state index contributed by atoms with van der Waals surface area (Å²) in [4.78, 5) is 36.8. The number of hydrogen-bond acceptors (Lipinski definition) is 5. The summed E-state index contributed by atoms with van der Waals surface area (Å²) in [5.41, 5.74) is 0.530. The van der Waals surface area contributed by atoms with Crippen LogP contribution in [0.4, 0.5) is 10.2 Å². The molecule has 0 radical (unpaired) electrons. The highest BCUT2D eigenvalue weighted by Gasteiger charge is 2.33. The lowest BCUT2D eigenvalue weighted by molar-refractivity contribution is -0.110. The molecular formula is C31H37ClFN5O3. The van der Waals surface area contributed by atoms with Crippen molar-refractivity contribution in [1.29, 1.82) is 0 Å². The molecule has 0 bridgehead atoms. The molecule has 1 aromatic carbocycles. The van der Waals surface area contributed by atoms with Gasteiger partial charge in [0.1, 0.15) is 23.2 Å². The number of phenols is 1. The summed E-state index contributed by atoms with van der Waals surface area (Å²) in [6.45, 7) is 10.8. The van der Waals surface area contributed by atoms with Crippen LogP contribution in [0.2, 0.25) is 5.02 Å².